The van der Waals surface area contributed by atoms with Crippen LogP contribution in [0.3, 0.4) is 0 Å². The second kappa shape index (κ2) is 5.22. The Balaban J connectivity index is 2.34. The van der Waals surface area contributed by atoms with Gasteiger partial charge in [0.05, 0.1) is 5.54 Å². The van der Waals surface area contributed by atoms with E-state index < -0.39 is 0 Å². The predicted molar refractivity (Wildman–Crippen MR) is 71.7 cm³/mol. The van der Waals surface area contributed by atoms with E-state index in [9.17, 15) is 4.79 Å². The Morgan fingerprint density at radius 1 is 1.39 bits per heavy atom. The molecule has 1 aliphatic rings. The summed E-state index contributed by atoms with van der Waals surface area (Å²) >= 11 is 0. The molecule has 4 heteroatoms. The number of hydrogen-bond donors (Lipinski definition) is 0. The predicted octanol–water partition coefficient (Wildman–Crippen LogP) is 2.35. The van der Waals surface area contributed by atoms with E-state index in [-0.39, 0.29) is 11.3 Å². The van der Waals surface area contributed by atoms with Crippen LogP contribution in [0.5, 0.6) is 0 Å². The topological polar surface area (TPSA) is 38.1 Å². The van der Waals surface area contributed by atoms with Crippen LogP contribution >= 0.6 is 0 Å². The molecule has 0 aliphatic heterocycles. The first-order chi connectivity index (χ1) is 8.62. The lowest BCUT2D eigenvalue weighted by Gasteiger charge is -2.41. The van der Waals surface area contributed by atoms with Crippen LogP contribution in [-0.2, 0) is 6.54 Å². The molecular formula is C14H23N3O. The van der Waals surface area contributed by atoms with Crippen LogP contribution in [0.25, 0.3) is 0 Å². The van der Waals surface area contributed by atoms with Gasteiger partial charge in [-0.2, -0.15) is 0 Å². The molecule has 0 N–H and O–H groups in total. The lowest BCUT2D eigenvalue weighted by molar-refractivity contribution is 0.0548. The fourth-order valence-corrected chi connectivity index (χ4v) is 3.00. The number of nitrogens with zero attached hydrogens (tertiary/aromatic N) is 3. The van der Waals surface area contributed by atoms with Gasteiger partial charge in [0.25, 0.3) is 0 Å². The van der Waals surface area contributed by atoms with Crippen molar-refractivity contribution in [1.82, 2.24) is 14.5 Å². The molecule has 0 atom stereocenters. The van der Waals surface area contributed by atoms with Crippen LogP contribution in [0.1, 0.15) is 49.6 Å². The van der Waals surface area contributed by atoms with Gasteiger partial charge in [0.15, 0.2) is 5.82 Å². The van der Waals surface area contributed by atoms with Gasteiger partial charge in [-0.3, -0.25) is 9.69 Å². The number of likely N-dealkylation sites (N-methyl/N-ethyl adjacent to an activating group) is 1. The maximum atomic E-state index is 12.9. The summed E-state index contributed by atoms with van der Waals surface area (Å²) in [5.41, 5.74) is -0.337. The first kappa shape index (κ1) is 13.3. The number of carbonyl (C=O) groups excluding carboxylic acids is 1. The number of Topliss-reactive ketones (excluding diaryl/α,β-unsaturated/α-hetero) is 1. The first-order valence-electron chi connectivity index (χ1n) is 6.85. The minimum absolute atomic E-state index is 0.194. The Bertz CT molecular complexity index is 416. The lowest BCUT2D eigenvalue weighted by atomic mass is 9.77. The molecule has 0 amide bonds. The van der Waals surface area contributed by atoms with E-state index in [2.05, 4.69) is 9.88 Å². The Morgan fingerprint density at radius 3 is 2.61 bits per heavy atom. The minimum atomic E-state index is -0.337. The standard InChI is InChI=1S/C14H23N3O/c1-4-17-11-10-15-13(17)12(18)14(16(2)3)8-6-5-7-9-14/h10-11H,4-9H2,1-3H3. The third-order valence-corrected chi connectivity index (χ3v) is 4.22. The van der Waals surface area contributed by atoms with Crippen molar-refractivity contribution in [3.63, 3.8) is 0 Å². The highest BCUT2D eigenvalue weighted by atomic mass is 16.1. The molecule has 100 valence electrons. The molecule has 2 rings (SSSR count). The molecule has 1 fully saturated rings. The van der Waals surface area contributed by atoms with Crippen molar-refractivity contribution < 1.29 is 4.79 Å². The fraction of sp³-hybridized carbons (Fsp3) is 0.714. The zero-order chi connectivity index (χ0) is 13.2. The molecule has 1 aromatic rings. The zero-order valence-electron chi connectivity index (χ0n) is 11.6. The monoisotopic (exact) mass is 249 g/mol. The molecule has 1 saturated carbocycles. The summed E-state index contributed by atoms with van der Waals surface area (Å²) < 4.78 is 1.95. The van der Waals surface area contributed by atoms with Crippen LogP contribution in [0.2, 0.25) is 0 Å². The highest BCUT2D eigenvalue weighted by Gasteiger charge is 2.43. The van der Waals surface area contributed by atoms with Gasteiger partial charge in [-0.15, -0.1) is 0 Å². The summed E-state index contributed by atoms with van der Waals surface area (Å²) in [6.07, 6.45) is 9.03. The van der Waals surface area contributed by atoms with E-state index in [1.54, 1.807) is 6.20 Å². The Labute approximate surface area is 109 Å². The maximum Gasteiger partial charge on any atom is 0.218 e. The molecule has 0 saturated heterocycles. The van der Waals surface area contributed by atoms with Gasteiger partial charge in [-0.05, 0) is 33.9 Å². The molecule has 0 spiro atoms. The Morgan fingerprint density at radius 2 is 2.06 bits per heavy atom. The average molecular weight is 249 g/mol. The molecule has 18 heavy (non-hydrogen) atoms. The highest BCUT2D eigenvalue weighted by Crippen LogP contribution is 2.34. The maximum absolute atomic E-state index is 12.9. The molecule has 0 unspecified atom stereocenters. The quantitative estimate of drug-likeness (QED) is 0.769. The summed E-state index contributed by atoms with van der Waals surface area (Å²) in [6.45, 7) is 2.84. The third kappa shape index (κ3) is 2.09. The van der Waals surface area contributed by atoms with Crippen molar-refractivity contribution in [2.24, 2.45) is 0 Å². The van der Waals surface area contributed by atoms with Crippen LogP contribution < -0.4 is 0 Å². The average Bonchev–Trinajstić information content (AvgIpc) is 2.86. The number of imidazole rings is 1. The Hall–Kier alpha value is -1.16. The van der Waals surface area contributed by atoms with Crippen LogP contribution in [0, 0.1) is 0 Å². The van der Waals surface area contributed by atoms with Gasteiger partial charge in [0.1, 0.15) is 0 Å². The Kier molecular flexibility index (Phi) is 3.85. The largest absolute Gasteiger partial charge is 0.329 e. The normalized spacial score (nSPS) is 19.1. The molecule has 0 radical (unpaired) electrons. The molecule has 4 nitrogen and oxygen atoms in total. The molecule has 0 aromatic carbocycles. The number of rotatable bonds is 4. The third-order valence-electron chi connectivity index (χ3n) is 4.22. The van der Waals surface area contributed by atoms with Crippen molar-refractivity contribution in [2.45, 2.75) is 51.1 Å². The lowest BCUT2D eigenvalue weighted by Crippen LogP contribution is -2.53. The second-order valence-electron chi connectivity index (χ2n) is 5.35. The fourth-order valence-electron chi connectivity index (χ4n) is 3.00. The van der Waals surface area contributed by atoms with E-state index in [0.29, 0.717) is 5.82 Å². The molecule has 0 bridgehead atoms. The smallest absolute Gasteiger partial charge is 0.218 e. The van der Waals surface area contributed by atoms with Gasteiger partial charge in [-0.25, -0.2) is 4.98 Å². The van der Waals surface area contributed by atoms with Gasteiger partial charge < -0.3 is 4.57 Å². The molecule has 1 aromatic heterocycles. The molecule has 1 aliphatic carbocycles. The number of ketones is 1. The summed E-state index contributed by atoms with van der Waals surface area (Å²) in [6, 6.07) is 0. The SMILES string of the molecule is CCn1ccnc1C(=O)C1(N(C)C)CCCCC1. The number of aromatic nitrogens is 2. The van der Waals surface area contributed by atoms with Crippen molar-refractivity contribution in [1.29, 1.82) is 0 Å². The number of carbonyl (C=O) groups is 1. The van der Waals surface area contributed by atoms with Crippen molar-refractivity contribution >= 4 is 5.78 Å². The van der Waals surface area contributed by atoms with E-state index in [1.165, 1.54) is 6.42 Å². The minimum Gasteiger partial charge on any atom is -0.329 e. The summed E-state index contributed by atoms with van der Waals surface area (Å²) in [5.74, 6) is 0.812. The van der Waals surface area contributed by atoms with E-state index in [1.807, 2.05) is 31.8 Å². The van der Waals surface area contributed by atoms with Gasteiger partial charge in [0.2, 0.25) is 5.78 Å². The molecular weight excluding hydrogens is 226 g/mol. The zero-order valence-corrected chi connectivity index (χ0v) is 11.6. The summed E-state index contributed by atoms with van der Waals surface area (Å²) in [7, 11) is 4.03. The van der Waals surface area contributed by atoms with Crippen molar-refractivity contribution in [3.05, 3.63) is 18.2 Å². The summed E-state index contributed by atoms with van der Waals surface area (Å²) in [4.78, 5) is 19.3. The van der Waals surface area contributed by atoms with E-state index in [0.717, 1.165) is 32.2 Å². The number of aryl methyl sites for hydroxylation is 1. The van der Waals surface area contributed by atoms with Crippen LogP contribution in [-0.4, -0.2) is 39.9 Å². The van der Waals surface area contributed by atoms with E-state index in [4.69, 9.17) is 0 Å². The number of hydrogen-bond acceptors (Lipinski definition) is 3. The summed E-state index contributed by atoms with van der Waals surface area (Å²) in [5, 5.41) is 0. The second-order valence-corrected chi connectivity index (χ2v) is 5.35. The van der Waals surface area contributed by atoms with Gasteiger partial charge in [-0.1, -0.05) is 19.3 Å². The first-order valence-corrected chi connectivity index (χ1v) is 6.85. The van der Waals surface area contributed by atoms with E-state index >= 15 is 0 Å². The van der Waals surface area contributed by atoms with Crippen LogP contribution in [0.4, 0.5) is 0 Å². The van der Waals surface area contributed by atoms with Gasteiger partial charge >= 0.3 is 0 Å². The highest BCUT2D eigenvalue weighted by molar-refractivity contribution is 6.00. The van der Waals surface area contributed by atoms with Gasteiger partial charge in [0, 0.05) is 18.9 Å². The molecule has 1 heterocycles. The van der Waals surface area contributed by atoms with Crippen LogP contribution in [0.15, 0.2) is 12.4 Å². The van der Waals surface area contributed by atoms with Crippen molar-refractivity contribution in [3.8, 4) is 0 Å². The van der Waals surface area contributed by atoms with Crippen molar-refractivity contribution in [2.75, 3.05) is 14.1 Å².